The number of halogens is 1. The summed E-state index contributed by atoms with van der Waals surface area (Å²) in [6, 6.07) is 1.74. The topological polar surface area (TPSA) is 81.4 Å². The molecule has 1 heterocycles. The predicted molar refractivity (Wildman–Crippen MR) is 73.5 cm³/mol. The van der Waals surface area contributed by atoms with Gasteiger partial charge in [-0.1, -0.05) is 6.92 Å². The summed E-state index contributed by atoms with van der Waals surface area (Å²) in [4.78, 5) is -0.116. The first kappa shape index (κ1) is 15.2. The van der Waals surface area contributed by atoms with Crippen molar-refractivity contribution in [3.63, 3.8) is 0 Å². The van der Waals surface area contributed by atoms with Crippen molar-refractivity contribution in [2.24, 2.45) is 5.73 Å². The molecule has 0 fully saturated rings. The molecule has 0 amide bonds. The number of nitrogens with two attached hydrogens (primary N) is 1. The number of benzene rings is 1. The van der Waals surface area contributed by atoms with E-state index in [0.29, 0.717) is 25.0 Å². The van der Waals surface area contributed by atoms with E-state index in [1.807, 2.05) is 6.92 Å². The SMILES string of the molecule is CCC(C)NS(=O)(=O)c1cc(F)c2c(c1)C(N)CCO2. The molecule has 2 rings (SSSR count). The standard InChI is InChI=1S/C13H19FN2O3S/c1-3-8(2)16-20(17,18)9-6-10-12(15)4-5-19-13(10)11(14)7-9/h6-8,12,16H,3-5,15H2,1-2H3. The maximum Gasteiger partial charge on any atom is 0.240 e. The molecule has 1 aliphatic heterocycles. The van der Waals surface area contributed by atoms with Gasteiger partial charge in [0.05, 0.1) is 11.5 Å². The van der Waals surface area contributed by atoms with Gasteiger partial charge in [0.15, 0.2) is 11.6 Å². The Morgan fingerprint density at radius 3 is 2.90 bits per heavy atom. The van der Waals surface area contributed by atoms with Crippen LogP contribution in [0.1, 0.15) is 38.3 Å². The molecule has 0 aliphatic carbocycles. The van der Waals surface area contributed by atoms with Crippen LogP contribution in [-0.2, 0) is 10.0 Å². The first-order chi connectivity index (χ1) is 9.35. The fourth-order valence-corrected chi connectivity index (χ4v) is 3.40. The van der Waals surface area contributed by atoms with Crippen molar-refractivity contribution in [1.29, 1.82) is 0 Å². The second-order valence-electron chi connectivity index (χ2n) is 5.00. The summed E-state index contributed by atoms with van der Waals surface area (Å²) in [7, 11) is -3.75. The highest BCUT2D eigenvalue weighted by Gasteiger charge is 2.26. The molecule has 7 heteroatoms. The molecule has 2 unspecified atom stereocenters. The average molecular weight is 302 g/mol. The highest BCUT2D eigenvalue weighted by atomic mass is 32.2. The Kier molecular flexibility index (Phi) is 4.31. The largest absolute Gasteiger partial charge is 0.490 e. The van der Waals surface area contributed by atoms with Crippen LogP contribution in [0, 0.1) is 5.82 Å². The number of rotatable bonds is 4. The Labute approximate surface area is 118 Å². The molecule has 0 saturated heterocycles. The van der Waals surface area contributed by atoms with Crippen molar-refractivity contribution in [2.75, 3.05) is 6.61 Å². The van der Waals surface area contributed by atoms with E-state index in [1.54, 1.807) is 6.92 Å². The Morgan fingerprint density at radius 2 is 2.25 bits per heavy atom. The van der Waals surface area contributed by atoms with Crippen LogP contribution in [0.15, 0.2) is 17.0 Å². The van der Waals surface area contributed by atoms with Gasteiger partial charge in [-0.2, -0.15) is 0 Å². The Bertz CT molecular complexity index is 604. The molecule has 1 aromatic carbocycles. The maximum absolute atomic E-state index is 14.0. The molecule has 0 spiro atoms. The molecule has 112 valence electrons. The summed E-state index contributed by atoms with van der Waals surface area (Å²) < 4.78 is 46.1. The third kappa shape index (κ3) is 2.94. The molecular weight excluding hydrogens is 283 g/mol. The molecule has 1 aliphatic rings. The lowest BCUT2D eigenvalue weighted by Crippen LogP contribution is -2.32. The van der Waals surface area contributed by atoms with Crippen molar-refractivity contribution in [2.45, 2.75) is 43.7 Å². The van der Waals surface area contributed by atoms with Gasteiger partial charge >= 0.3 is 0 Å². The lowest BCUT2D eigenvalue weighted by atomic mass is 10.0. The van der Waals surface area contributed by atoms with E-state index in [-0.39, 0.29) is 16.7 Å². The molecule has 0 radical (unpaired) electrons. The van der Waals surface area contributed by atoms with Gasteiger partial charge in [-0.05, 0) is 25.5 Å². The van der Waals surface area contributed by atoms with E-state index in [1.165, 1.54) is 6.07 Å². The van der Waals surface area contributed by atoms with E-state index >= 15 is 0 Å². The Morgan fingerprint density at radius 1 is 1.55 bits per heavy atom. The van der Waals surface area contributed by atoms with E-state index in [9.17, 15) is 12.8 Å². The van der Waals surface area contributed by atoms with Crippen LogP contribution in [0.3, 0.4) is 0 Å². The first-order valence-corrected chi connectivity index (χ1v) is 8.07. The number of hydrogen-bond acceptors (Lipinski definition) is 4. The van der Waals surface area contributed by atoms with Gasteiger partial charge in [0.25, 0.3) is 0 Å². The van der Waals surface area contributed by atoms with Crippen LogP contribution in [0.25, 0.3) is 0 Å². The van der Waals surface area contributed by atoms with Crippen LogP contribution >= 0.6 is 0 Å². The zero-order valence-electron chi connectivity index (χ0n) is 11.5. The summed E-state index contributed by atoms with van der Waals surface area (Å²) in [5.74, 6) is -0.631. The summed E-state index contributed by atoms with van der Waals surface area (Å²) in [5.41, 5.74) is 6.30. The summed E-state index contributed by atoms with van der Waals surface area (Å²) >= 11 is 0. The second kappa shape index (κ2) is 5.67. The van der Waals surface area contributed by atoms with E-state index in [0.717, 1.165) is 6.07 Å². The van der Waals surface area contributed by atoms with Crippen LogP contribution in [0.2, 0.25) is 0 Å². The first-order valence-electron chi connectivity index (χ1n) is 6.59. The molecule has 2 atom stereocenters. The number of sulfonamides is 1. The zero-order chi connectivity index (χ0) is 14.9. The summed E-state index contributed by atoms with van der Waals surface area (Å²) in [5, 5.41) is 0. The van der Waals surface area contributed by atoms with Crippen LogP contribution in [0.5, 0.6) is 5.75 Å². The third-order valence-electron chi connectivity index (χ3n) is 3.40. The smallest absolute Gasteiger partial charge is 0.240 e. The van der Waals surface area contributed by atoms with Gasteiger partial charge in [-0.25, -0.2) is 17.5 Å². The van der Waals surface area contributed by atoms with Crippen molar-refractivity contribution < 1.29 is 17.5 Å². The van der Waals surface area contributed by atoms with Gasteiger partial charge in [0.1, 0.15) is 0 Å². The highest BCUT2D eigenvalue weighted by Crippen LogP contribution is 2.35. The lowest BCUT2D eigenvalue weighted by Gasteiger charge is -2.24. The molecule has 0 bridgehead atoms. The molecule has 0 saturated carbocycles. The van der Waals surface area contributed by atoms with Gasteiger partial charge in [0, 0.05) is 24.1 Å². The molecule has 0 aromatic heterocycles. The molecular formula is C13H19FN2O3S. The molecule has 1 aromatic rings. The van der Waals surface area contributed by atoms with Crippen LogP contribution in [0.4, 0.5) is 4.39 Å². The minimum atomic E-state index is -3.75. The van der Waals surface area contributed by atoms with Crippen molar-refractivity contribution in [3.05, 3.63) is 23.5 Å². The van der Waals surface area contributed by atoms with E-state index < -0.39 is 21.9 Å². The molecule has 5 nitrogen and oxygen atoms in total. The Balaban J connectivity index is 2.44. The van der Waals surface area contributed by atoms with Gasteiger partial charge in [-0.15, -0.1) is 0 Å². The fraction of sp³-hybridized carbons (Fsp3) is 0.538. The summed E-state index contributed by atoms with van der Waals surface area (Å²) in [6.45, 7) is 3.95. The van der Waals surface area contributed by atoms with Crippen molar-refractivity contribution >= 4 is 10.0 Å². The second-order valence-corrected chi connectivity index (χ2v) is 6.71. The number of ether oxygens (including phenoxy) is 1. The molecule has 20 heavy (non-hydrogen) atoms. The van der Waals surface area contributed by atoms with E-state index in [2.05, 4.69) is 4.72 Å². The van der Waals surface area contributed by atoms with Gasteiger partial charge in [0.2, 0.25) is 10.0 Å². The zero-order valence-corrected chi connectivity index (χ0v) is 12.3. The monoisotopic (exact) mass is 302 g/mol. The number of nitrogens with one attached hydrogen (secondary N) is 1. The van der Waals surface area contributed by atoms with Crippen molar-refractivity contribution in [1.82, 2.24) is 4.72 Å². The summed E-state index contributed by atoms with van der Waals surface area (Å²) in [6.07, 6.45) is 1.18. The quantitative estimate of drug-likeness (QED) is 0.886. The Hall–Kier alpha value is -1.18. The van der Waals surface area contributed by atoms with Gasteiger partial charge < -0.3 is 10.5 Å². The fourth-order valence-electron chi connectivity index (χ4n) is 2.03. The van der Waals surface area contributed by atoms with Gasteiger partial charge in [-0.3, -0.25) is 0 Å². The number of fused-ring (bicyclic) bond motifs is 1. The minimum Gasteiger partial charge on any atom is -0.490 e. The lowest BCUT2D eigenvalue weighted by molar-refractivity contribution is 0.254. The number of hydrogen-bond donors (Lipinski definition) is 2. The predicted octanol–water partition coefficient (Wildman–Crippen LogP) is 1.68. The third-order valence-corrected chi connectivity index (χ3v) is 4.97. The normalized spacial score (nSPS) is 20.1. The molecule has 3 N–H and O–H groups in total. The van der Waals surface area contributed by atoms with E-state index in [4.69, 9.17) is 10.5 Å². The average Bonchev–Trinajstić information content (AvgIpc) is 2.39. The van der Waals surface area contributed by atoms with Crippen LogP contribution < -0.4 is 15.2 Å². The maximum atomic E-state index is 14.0. The minimum absolute atomic E-state index is 0.0613. The van der Waals surface area contributed by atoms with Crippen molar-refractivity contribution in [3.8, 4) is 5.75 Å². The van der Waals surface area contributed by atoms with Crippen LogP contribution in [-0.4, -0.2) is 21.1 Å². The highest BCUT2D eigenvalue weighted by molar-refractivity contribution is 7.89.